The molecular formula is C16H23N5. The summed E-state index contributed by atoms with van der Waals surface area (Å²) in [6.07, 6.45) is 6.30. The second-order valence-electron chi connectivity index (χ2n) is 6.62. The van der Waals surface area contributed by atoms with Gasteiger partial charge in [-0.05, 0) is 46.0 Å². The van der Waals surface area contributed by atoms with Crippen molar-refractivity contribution in [3.63, 3.8) is 0 Å². The Kier molecular flexibility index (Phi) is 2.91. The summed E-state index contributed by atoms with van der Waals surface area (Å²) in [6.45, 7) is 5.46. The molecule has 1 saturated heterocycles. The Labute approximate surface area is 125 Å². The Morgan fingerprint density at radius 2 is 1.90 bits per heavy atom. The number of aromatic nitrogens is 4. The second-order valence-corrected chi connectivity index (χ2v) is 6.62. The molecule has 0 unspecified atom stereocenters. The van der Waals surface area contributed by atoms with Gasteiger partial charge < -0.3 is 4.90 Å². The summed E-state index contributed by atoms with van der Waals surface area (Å²) in [6, 6.07) is 0.555. The molecule has 5 nitrogen and oxygen atoms in total. The zero-order chi connectivity index (χ0) is 14.6. The summed E-state index contributed by atoms with van der Waals surface area (Å²) in [5.74, 6) is 2.72. The predicted octanol–water partition coefficient (Wildman–Crippen LogP) is 2.93. The third-order valence-electron chi connectivity index (χ3n) is 4.87. The minimum Gasteiger partial charge on any atom is -0.352 e. The van der Waals surface area contributed by atoms with Crippen LogP contribution in [0.4, 0.5) is 5.82 Å². The molecule has 0 bridgehead atoms. The molecule has 2 aromatic rings. The van der Waals surface area contributed by atoms with E-state index in [0.29, 0.717) is 12.0 Å². The van der Waals surface area contributed by atoms with Crippen LogP contribution in [0.5, 0.6) is 0 Å². The fraction of sp³-hybridized carbons (Fsp3) is 0.688. The molecule has 0 aromatic carbocycles. The van der Waals surface area contributed by atoms with Gasteiger partial charge in [-0.3, -0.25) is 4.68 Å². The van der Waals surface area contributed by atoms with Gasteiger partial charge in [-0.25, -0.2) is 9.97 Å². The SMILES string of the molecule is Cc1nn(C)c2c(N3CCCC[C@@H]3C)nc(C3CC3)nc12. The van der Waals surface area contributed by atoms with Crippen molar-refractivity contribution < 1.29 is 0 Å². The van der Waals surface area contributed by atoms with Gasteiger partial charge in [0, 0.05) is 25.6 Å². The van der Waals surface area contributed by atoms with Crippen LogP contribution < -0.4 is 4.90 Å². The number of hydrogen-bond donors (Lipinski definition) is 0. The van der Waals surface area contributed by atoms with Crippen LogP contribution in [-0.2, 0) is 7.05 Å². The number of nitrogens with zero attached hydrogens (tertiary/aromatic N) is 5. The first kappa shape index (κ1) is 13.0. The van der Waals surface area contributed by atoms with Crippen molar-refractivity contribution in [3.05, 3.63) is 11.5 Å². The van der Waals surface area contributed by atoms with Crippen molar-refractivity contribution in [1.29, 1.82) is 0 Å². The molecule has 1 aliphatic carbocycles. The minimum atomic E-state index is 0.555. The van der Waals surface area contributed by atoms with Crippen LogP contribution in [0.2, 0.25) is 0 Å². The molecule has 2 aliphatic rings. The maximum absolute atomic E-state index is 4.97. The van der Waals surface area contributed by atoms with E-state index >= 15 is 0 Å². The van der Waals surface area contributed by atoms with E-state index in [0.717, 1.165) is 34.9 Å². The van der Waals surface area contributed by atoms with Gasteiger partial charge in [0.15, 0.2) is 5.82 Å². The van der Waals surface area contributed by atoms with Gasteiger partial charge in [0.1, 0.15) is 16.9 Å². The third-order valence-corrected chi connectivity index (χ3v) is 4.87. The summed E-state index contributed by atoms with van der Waals surface area (Å²) >= 11 is 0. The lowest BCUT2D eigenvalue weighted by atomic mass is 10.0. The van der Waals surface area contributed by atoms with E-state index < -0.39 is 0 Å². The van der Waals surface area contributed by atoms with Crippen LogP contribution in [0.25, 0.3) is 11.0 Å². The highest BCUT2D eigenvalue weighted by Gasteiger charge is 2.31. The van der Waals surface area contributed by atoms with Crippen molar-refractivity contribution in [2.45, 2.75) is 57.9 Å². The highest BCUT2D eigenvalue weighted by Crippen LogP contribution is 2.40. The van der Waals surface area contributed by atoms with Gasteiger partial charge >= 0.3 is 0 Å². The van der Waals surface area contributed by atoms with E-state index in [2.05, 4.69) is 23.8 Å². The van der Waals surface area contributed by atoms with Crippen molar-refractivity contribution >= 4 is 16.9 Å². The van der Waals surface area contributed by atoms with Gasteiger partial charge in [0.2, 0.25) is 0 Å². The summed E-state index contributed by atoms with van der Waals surface area (Å²) in [4.78, 5) is 12.3. The molecule has 21 heavy (non-hydrogen) atoms. The van der Waals surface area contributed by atoms with Gasteiger partial charge in [-0.15, -0.1) is 0 Å². The van der Waals surface area contributed by atoms with Crippen LogP contribution in [0.3, 0.4) is 0 Å². The highest BCUT2D eigenvalue weighted by molar-refractivity contribution is 5.88. The van der Waals surface area contributed by atoms with Crippen molar-refractivity contribution in [2.24, 2.45) is 7.05 Å². The highest BCUT2D eigenvalue weighted by atomic mass is 15.3. The van der Waals surface area contributed by atoms with Gasteiger partial charge in [0.05, 0.1) is 5.69 Å². The fourth-order valence-electron chi connectivity index (χ4n) is 3.47. The number of piperidine rings is 1. The minimum absolute atomic E-state index is 0.555. The Morgan fingerprint density at radius 1 is 1.10 bits per heavy atom. The maximum atomic E-state index is 4.97. The third kappa shape index (κ3) is 2.10. The molecule has 0 radical (unpaired) electrons. The number of rotatable bonds is 2. The average molecular weight is 285 g/mol. The Hall–Kier alpha value is -1.65. The van der Waals surface area contributed by atoms with E-state index in [1.807, 2.05) is 11.7 Å². The number of hydrogen-bond acceptors (Lipinski definition) is 4. The summed E-state index contributed by atoms with van der Waals surface area (Å²) in [5.41, 5.74) is 3.16. The number of fused-ring (bicyclic) bond motifs is 1. The van der Waals surface area contributed by atoms with E-state index in [1.54, 1.807) is 0 Å². The van der Waals surface area contributed by atoms with Crippen LogP contribution in [0.1, 0.15) is 56.5 Å². The quantitative estimate of drug-likeness (QED) is 0.851. The van der Waals surface area contributed by atoms with E-state index in [1.165, 1.54) is 32.1 Å². The molecule has 5 heteroatoms. The molecule has 112 valence electrons. The Bertz CT molecular complexity index is 686. The molecule has 0 spiro atoms. The van der Waals surface area contributed by atoms with Crippen LogP contribution >= 0.6 is 0 Å². The molecular weight excluding hydrogens is 262 g/mol. The Morgan fingerprint density at radius 3 is 2.62 bits per heavy atom. The first-order valence-corrected chi connectivity index (χ1v) is 8.13. The van der Waals surface area contributed by atoms with Gasteiger partial charge in [-0.2, -0.15) is 5.10 Å². The lowest BCUT2D eigenvalue weighted by Crippen LogP contribution is -2.38. The van der Waals surface area contributed by atoms with Crippen molar-refractivity contribution in [3.8, 4) is 0 Å². The molecule has 2 aromatic heterocycles. The van der Waals surface area contributed by atoms with Crippen molar-refractivity contribution in [2.75, 3.05) is 11.4 Å². The summed E-state index contributed by atoms with van der Waals surface area (Å²) < 4.78 is 1.96. The monoisotopic (exact) mass is 285 g/mol. The molecule has 4 rings (SSSR count). The molecule has 2 fully saturated rings. The van der Waals surface area contributed by atoms with E-state index in [-0.39, 0.29) is 0 Å². The topological polar surface area (TPSA) is 46.8 Å². The standard InChI is InChI=1S/C16H23N5/c1-10-6-4-5-9-21(10)16-14-13(11(2)19-20(14)3)17-15(18-16)12-7-8-12/h10,12H,4-9H2,1-3H3/t10-/m0/s1. The van der Waals surface area contributed by atoms with Crippen molar-refractivity contribution in [1.82, 2.24) is 19.7 Å². The maximum Gasteiger partial charge on any atom is 0.158 e. The first-order valence-electron chi connectivity index (χ1n) is 8.13. The zero-order valence-electron chi connectivity index (χ0n) is 13.1. The van der Waals surface area contributed by atoms with E-state index in [9.17, 15) is 0 Å². The molecule has 1 aliphatic heterocycles. The Balaban J connectivity index is 1.92. The average Bonchev–Trinajstić information content (AvgIpc) is 3.27. The van der Waals surface area contributed by atoms with E-state index in [4.69, 9.17) is 9.97 Å². The number of anilines is 1. The molecule has 0 N–H and O–H groups in total. The summed E-state index contributed by atoms with van der Waals surface area (Å²) in [7, 11) is 2.01. The van der Waals surface area contributed by atoms with Gasteiger partial charge in [-0.1, -0.05) is 0 Å². The first-order chi connectivity index (χ1) is 10.1. The smallest absolute Gasteiger partial charge is 0.158 e. The largest absolute Gasteiger partial charge is 0.352 e. The van der Waals surface area contributed by atoms with Crippen LogP contribution in [-0.4, -0.2) is 32.3 Å². The number of aryl methyl sites for hydroxylation is 2. The molecule has 1 saturated carbocycles. The molecule has 0 amide bonds. The van der Waals surface area contributed by atoms with Crippen LogP contribution in [0.15, 0.2) is 0 Å². The van der Waals surface area contributed by atoms with Gasteiger partial charge in [0.25, 0.3) is 0 Å². The predicted molar refractivity (Wildman–Crippen MR) is 83.7 cm³/mol. The molecule has 3 heterocycles. The molecule has 1 atom stereocenters. The normalized spacial score (nSPS) is 23.0. The second kappa shape index (κ2) is 4.68. The summed E-state index contributed by atoms with van der Waals surface area (Å²) in [5, 5.41) is 4.58. The lowest BCUT2D eigenvalue weighted by Gasteiger charge is -2.34. The van der Waals surface area contributed by atoms with Crippen LogP contribution in [0, 0.1) is 6.92 Å². The zero-order valence-corrected chi connectivity index (χ0v) is 13.1. The lowest BCUT2D eigenvalue weighted by molar-refractivity contribution is 0.481. The fourth-order valence-corrected chi connectivity index (χ4v) is 3.47.